The monoisotopic (exact) mass is 524 g/mol. The van der Waals surface area contributed by atoms with E-state index in [0.717, 1.165) is 29.7 Å². The third-order valence-corrected chi connectivity index (χ3v) is 8.23. The number of thiazole rings is 1. The van der Waals surface area contributed by atoms with Gasteiger partial charge in [-0.15, -0.1) is 16.4 Å². The number of hydrogen-bond acceptors (Lipinski definition) is 8. The van der Waals surface area contributed by atoms with Gasteiger partial charge in [-0.05, 0) is 42.7 Å². The highest BCUT2D eigenvalue weighted by molar-refractivity contribution is 7.91. The molecule has 0 bridgehead atoms. The van der Waals surface area contributed by atoms with Gasteiger partial charge in [0.1, 0.15) is 18.1 Å². The molecule has 1 fully saturated rings. The van der Waals surface area contributed by atoms with E-state index in [-0.39, 0.29) is 22.9 Å². The van der Waals surface area contributed by atoms with E-state index in [1.165, 1.54) is 0 Å². The number of likely N-dealkylation sites (tertiary alicyclic amines) is 1. The first-order valence-corrected chi connectivity index (χ1v) is 13.7. The van der Waals surface area contributed by atoms with Crippen molar-refractivity contribution in [1.82, 2.24) is 24.9 Å². The molecule has 2 aromatic carbocycles. The summed E-state index contributed by atoms with van der Waals surface area (Å²) in [5.41, 5.74) is 2.22. The van der Waals surface area contributed by atoms with Crippen molar-refractivity contribution in [2.75, 3.05) is 13.1 Å². The summed E-state index contributed by atoms with van der Waals surface area (Å²) in [6, 6.07) is 15.1. The molecular formula is C24H24N6O4S2. The van der Waals surface area contributed by atoms with Crippen LogP contribution in [0.15, 0.2) is 65.1 Å². The minimum absolute atomic E-state index is 0.0130. The molecule has 36 heavy (non-hydrogen) atoms. The van der Waals surface area contributed by atoms with Crippen LogP contribution in [0.5, 0.6) is 5.75 Å². The number of carbonyl (C=O) groups is 1. The molecule has 0 unspecified atom stereocenters. The van der Waals surface area contributed by atoms with Crippen molar-refractivity contribution >= 4 is 43.6 Å². The first-order chi connectivity index (χ1) is 17.3. The lowest BCUT2D eigenvalue weighted by Gasteiger charge is -2.31. The van der Waals surface area contributed by atoms with Gasteiger partial charge in [0.2, 0.25) is 10.2 Å². The Labute approximate surface area is 212 Å². The van der Waals surface area contributed by atoms with Crippen LogP contribution in [0.4, 0.5) is 0 Å². The molecule has 0 aliphatic carbocycles. The zero-order valence-electron chi connectivity index (χ0n) is 19.2. The van der Waals surface area contributed by atoms with E-state index in [0.29, 0.717) is 34.7 Å². The van der Waals surface area contributed by atoms with Gasteiger partial charge in [-0.3, -0.25) is 4.79 Å². The van der Waals surface area contributed by atoms with E-state index in [2.05, 4.69) is 15.3 Å². The number of fused-ring (bicyclic) bond motifs is 1. The van der Waals surface area contributed by atoms with Crippen molar-refractivity contribution in [2.45, 2.75) is 29.8 Å². The van der Waals surface area contributed by atoms with E-state index in [9.17, 15) is 13.2 Å². The molecule has 1 aliphatic heterocycles. The van der Waals surface area contributed by atoms with Gasteiger partial charge in [0.15, 0.2) is 0 Å². The molecule has 4 aromatic rings. The molecule has 2 N–H and O–H groups in total. The molecule has 3 heterocycles. The maximum atomic E-state index is 12.5. The summed E-state index contributed by atoms with van der Waals surface area (Å²) in [6.45, 7) is 1.53. The lowest BCUT2D eigenvalue weighted by molar-refractivity contribution is -0.127. The molecular weight excluding hydrogens is 500 g/mol. The van der Waals surface area contributed by atoms with Crippen LogP contribution >= 0.6 is 11.3 Å². The summed E-state index contributed by atoms with van der Waals surface area (Å²) in [5, 5.41) is 13.6. The normalized spacial score (nSPS) is 15.1. The summed E-state index contributed by atoms with van der Waals surface area (Å²) < 4.78 is 31.2. The van der Waals surface area contributed by atoms with E-state index in [1.807, 2.05) is 52.2 Å². The number of hydrogen-bond donors (Lipinski definition) is 1. The predicted molar refractivity (Wildman–Crippen MR) is 136 cm³/mol. The van der Waals surface area contributed by atoms with Crippen molar-refractivity contribution in [2.24, 2.45) is 5.14 Å². The summed E-state index contributed by atoms with van der Waals surface area (Å²) >= 11 is 0.999. The van der Waals surface area contributed by atoms with Crippen molar-refractivity contribution in [3.63, 3.8) is 0 Å². The average molecular weight is 525 g/mol. The lowest BCUT2D eigenvalue weighted by Crippen LogP contribution is -2.38. The third kappa shape index (κ3) is 5.61. The standard InChI is InChI=1S/C24H24N6O4S2/c25-36(32,33)24-26-21-8-7-20(14-22(21)35-24)34-16-18-15-30(28-27-18)19-10-12-29(13-11-19)23(31)9-6-17-4-2-1-3-5-17/h1-9,14-15,19H,10-13,16H2,(H2,25,32,33)/b9-6+. The largest absolute Gasteiger partial charge is 0.487 e. The lowest BCUT2D eigenvalue weighted by atomic mass is 10.1. The van der Waals surface area contributed by atoms with E-state index >= 15 is 0 Å². The van der Waals surface area contributed by atoms with Gasteiger partial charge in [-0.25, -0.2) is 23.2 Å². The Hall–Kier alpha value is -3.61. The number of ether oxygens (including phenoxy) is 1. The Balaban J connectivity index is 1.14. The molecule has 0 spiro atoms. The van der Waals surface area contributed by atoms with Crippen molar-refractivity contribution in [3.8, 4) is 5.75 Å². The number of primary sulfonamides is 1. The van der Waals surface area contributed by atoms with Crippen LogP contribution in [-0.4, -0.2) is 52.3 Å². The highest BCUT2D eigenvalue weighted by Crippen LogP contribution is 2.28. The zero-order chi connectivity index (χ0) is 25.1. The molecule has 1 aliphatic rings. The number of benzene rings is 2. The summed E-state index contributed by atoms with van der Waals surface area (Å²) in [4.78, 5) is 18.4. The Bertz CT molecular complexity index is 1510. The first-order valence-electron chi connectivity index (χ1n) is 11.3. The highest BCUT2D eigenvalue weighted by atomic mass is 32.2. The average Bonchev–Trinajstić information content (AvgIpc) is 3.54. The Morgan fingerprint density at radius 1 is 1.17 bits per heavy atom. The Morgan fingerprint density at radius 2 is 1.94 bits per heavy atom. The minimum atomic E-state index is -3.84. The van der Waals surface area contributed by atoms with E-state index in [4.69, 9.17) is 9.88 Å². The zero-order valence-corrected chi connectivity index (χ0v) is 20.9. The number of amides is 1. The van der Waals surface area contributed by atoms with E-state index in [1.54, 1.807) is 24.3 Å². The van der Waals surface area contributed by atoms with Crippen LogP contribution in [0.25, 0.3) is 16.3 Å². The topological polar surface area (TPSA) is 133 Å². The minimum Gasteiger partial charge on any atom is -0.487 e. The molecule has 186 valence electrons. The number of piperidine rings is 1. The fraction of sp³-hybridized carbons (Fsp3) is 0.250. The third-order valence-electron chi connectivity index (χ3n) is 5.90. The van der Waals surface area contributed by atoms with Crippen LogP contribution in [0, 0.1) is 0 Å². The molecule has 0 radical (unpaired) electrons. The molecule has 2 aromatic heterocycles. The van der Waals surface area contributed by atoms with Gasteiger partial charge in [0.05, 0.1) is 22.5 Å². The van der Waals surface area contributed by atoms with Crippen LogP contribution in [0.3, 0.4) is 0 Å². The number of aromatic nitrogens is 4. The fourth-order valence-electron chi connectivity index (χ4n) is 4.00. The second-order valence-corrected chi connectivity index (χ2v) is 11.2. The van der Waals surface area contributed by atoms with Crippen molar-refractivity contribution in [3.05, 3.63) is 72.1 Å². The first kappa shape index (κ1) is 24.1. The molecule has 10 nitrogen and oxygen atoms in total. The maximum Gasteiger partial charge on any atom is 0.265 e. The summed E-state index contributed by atoms with van der Waals surface area (Å²) in [5.74, 6) is 0.580. The fourth-order valence-corrected chi connectivity index (χ4v) is 5.68. The molecule has 1 saturated heterocycles. The van der Waals surface area contributed by atoms with Gasteiger partial charge < -0.3 is 9.64 Å². The number of nitrogens with two attached hydrogens (primary N) is 1. The van der Waals surface area contributed by atoms with E-state index < -0.39 is 10.0 Å². The quantitative estimate of drug-likeness (QED) is 0.367. The van der Waals surface area contributed by atoms with Gasteiger partial charge in [0.25, 0.3) is 10.0 Å². The number of nitrogens with zero attached hydrogens (tertiary/aromatic N) is 5. The number of rotatable bonds is 7. The SMILES string of the molecule is NS(=O)(=O)c1nc2ccc(OCc3cn(C4CCN(C(=O)/C=C/c5ccccc5)CC4)nn3)cc2s1. The predicted octanol–water partition coefficient (Wildman–Crippen LogP) is 2.99. The molecule has 5 rings (SSSR count). The second kappa shape index (κ2) is 10.2. The van der Waals surface area contributed by atoms with Crippen molar-refractivity contribution in [1.29, 1.82) is 0 Å². The smallest absolute Gasteiger partial charge is 0.265 e. The summed E-state index contributed by atoms with van der Waals surface area (Å²) in [7, 11) is -3.84. The molecule has 12 heteroatoms. The number of carbonyl (C=O) groups excluding carboxylic acids is 1. The van der Waals surface area contributed by atoms with Gasteiger partial charge in [0, 0.05) is 19.2 Å². The maximum absolute atomic E-state index is 12.5. The van der Waals surface area contributed by atoms with Gasteiger partial charge in [-0.1, -0.05) is 35.5 Å². The number of sulfonamides is 1. The Morgan fingerprint density at radius 3 is 2.69 bits per heavy atom. The molecule has 0 saturated carbocycles. The van der Waals surface area contributed by atoms with Gasteiger partial charge in [-0.2, -0.15) is 0 Å². The molecule has 0 atom stereocenters. The van der Waals surface area contributed by atoms with Crippen LogP contribution in [-0.2, 0) is 21.4 Å². The van der Waals surface area contributed by atoms with Crippen LogP contribution in [0.2, 0.25) is 0 Å². The second-order valence-electron chi connectivity index (χ2n) is 8.43. The molecule has 1 amide bonds. The van der Waals surface area contributed by atoms with Crippen LogP contribution in [0.1, 0.15) is 30.1 Å². The Kier molecular flexibility index (Phi) is 6.81. The van der Waals surface area contributed by atoms with Crippen LogP contribution < -0.4 is 9.88 Å². The van der Waals surface area contributed by atoms with Crippen molar-refractivity contribution < 1.29 is 17.9 Å². The highest BCUT2D eigenvalue weighted by Gasteiger charge is 2.24. The van der Waals surface area contributed by atoms with Gasteiger partial charge >= 0.3 is 0 Å². The summed E-state index contributed by atoms with van der Waals surface area (Å²) in [6.07, 6.45) is 6.91.